The summed E-state index contributed by atoms with van der Waals surface area (Å²) < 4.78 is 13.3. The van der Waals surface area contributed by atoms with Gasteiger partial charge in [-0.1, -0.05) is 41.4 Å². The van der Waals surface area contributed by atoms with Crippen LogP contribution in [-0.4, -0.2) is 32.4 Å². The first kappa shape index (κ1) is 23.6. The van der Waals surface area contributed by atoms with Crippen LogP contribution in [0.2, 0.25) is 5.02 Å². The van der Waals surface area contributed by atoms with Crippen molar-refractivity contribution in [2.75, 3.05) is 11.9 Å². The molecular weight excluding hydrogens is 455 g/mol. The van der Waals surface area contributed by atoms with Crippen LogP contribution < -0.4 is 5.32 Å². The van der Waals surface area contributed by atoms with Crippen molar-refractivity contribution in [2.24, 2.45) is 0 Å². The number of carbonyl (C=O) groups is 1. The van der Waals surface area contributed by atoms with E-state index in [0.717, 1.165) is 22.3 Å². The molecule has 4 rings (SSSR count). The van der Waals surface area contributed by atoms with Gasteiger partial charge in [-0.25, -0.2) is 14.4 Å². The van der Waals surface area contributed by atoms with E-state index in [0.29, 0.717) is 23.0 Å². The lowest BCUT2D eigenvalue weighted by molar-refractivity contribution is 0.0955. The van der Waals surface area contributed by atoms with Gasteiger partial charge in [0.2, 0.25) is 5.95 Å². The van der Waals surface area contributed by atoms with Gasteiger partial charge in [-0.15, -0.1) is 0 Å². The van der Waals surface area contributed by atoms with E-state index in [2.05, 4.69) is 20.3 Å². The Balaban J connectivity index is 1.54. The van der Waals surface area contributed by atoms with Crippen LogP contribution in [0.4, 0.5) is 16.0 Å². The minimum Gasteiger partial charge on any atom is -0.396 e. The van der Waals surface area contributed by atoms with E-state index in [1.807, 2.05) is 38.1 Å². The number of H-pyrrole nitrogens is 1. The van der Waals surface area contributed by atoms with Gasteiger partial charge in [-0.05, 0) is 49.2 Å². The maximum atomic E-state index is 13.3. The summed E-state index contributed by atoms with van der Waals surface area (Å²) in [6.07, 6.45) is 3.56. The van der Waals surface area contributed by atoms with E-state index in [-0.39, 0.29) is 29.8 Å². The number of aliphatic hydroxyl groups is 1. The maximum Gasteiger partial charge on any atom is 0.227 e. The van der Waals surface area contributed by atoms with Crippen molar-refractivity contribution < 1.29 is 14.3 Å². The zero-order valence-electron chi connectivity index (χ0n) is 18.8. The molecule has 0 bridgehead atoms. The van der Waals surface area contributed by atoms with E-state index in [9.17, 15) is 14.3 Å². The zero-order valence-corrected chi connectivity index (χ0v) is 19.5. The molecule has 0 saturated carbocycles. The summed E-state index contributed by atoms with van der Waals surface area (Å²) >= 11 is 6.09. The topological polar surface area (TPSA) is 90.9 Å². The molecule has 34 heavy (non-hydrogen) atoms. The van der Waals surface area contributed by atoms with Crippen LogP contribution in [-0.2, 0) is 0 Å². The molecule has 6 nitrogen and oxygen atoms in total. The van der Waals surface area contributed by atoms with E-state index in [1.54, 1.807) is 18.5 Å². The summed E-state index contributed by atoms with van der Waals surface area (Å²) in [7, 11) is 0. The number of ketones is 1. The average molecular weight is 479 g/mol. The van der Waals surface area contributed by atoms with Crippen LogP contribution in [0.15, 0.2) is 60.9 Å². The number of aryl methyl sites for hydroxylation is 2. The first-order valence-electron chi connectivity index (χ1n) is 10.8. The summed E-state index contributed by atoms with van der Waals surface area (Å²) in [5.41, 5.74) is 5.13. The fourth-order valence-electron chi connectivity index (χ4n) is 3.74. The molecule has 0 fully saturated rings. The number of aromatic nitrogens is 3. The highest BCUT2D eigenvalue weighted by Gasteiger charge is 2.19. The Morgan fingerprint density at radius 1 is 1.21 bits per heavy atom. The maximum absolute atomic E-state index is 13.3. The van der Waals surface area contributed by atoms with Gasteiger partial charge in [-0.3, -0.25) is 4.79 Å². The Hall–Kier alpha value is -3.55. The molecule has 174 valence electrons. The van der Waals surface area contributed by atoms with Gasteiger partial charge in [0.05, 0.1) is 28.7 Å². The predicted molar refractivity (Wildman–Crippen MR) is 131 cm³/mol. The number of nitrogens with zero attached hydrogens (tertiary/aromatic N) is 2. The van der Waals surface area contributed by atoms with Crippen molar-refractivity contribution in [1.29, 1.82) is 0 Å². The van der Waals surface area contributed by atoms with Gasteiger partial charge < -0.3 is 15.4 Å². The molecule has 0 spiro atoms. The van der Waals surface area contributed by atoms with Crippen LogP contribution in [0.3, 0.4) is 0 Å². The third-order valence-electron chi connectivity index (χ3n) is 5.57. The molecule has 2 aromatic heterocycles. The minimum absolute atomic E-state index is 0.102. The Morgan fingerprint density at radius 2 is 2.03 bits per heavy atom. The second-order valence-corrected chi connectivity index (χ2v) is 8.60. The van der Waals surface area contributed by atoms with E-state index >= 15 is 0 Å². The number of aromatic amines is 1. The summed E-state index contributed by atoms with van der Waals surface area (Å²) in [6.45, 7) is 3.74. The summed E-state index contributed by atoms with van der Waals surface area (Å²) in [6, 6.07) is 13.6. The number of nitrogens with one attached hydrogen (secondary N) is 2. The highest BCUT2D eigenvalue weighted by Crippen LogP contribution is 2.28. The third-order valence-corrected chi connectivity index (χ3v) is 5.88. The number of benzene rings is 2. The normalized spacial score (nSPS) is 11.9. The number of hydrogen-bond donors (Lipinski definition) is 3. The molecule has 0 aliphatic heterocycles. The summed E-state index contributed by atoms with van der Waals surface area (Å²) in [5, 5.41) is 13.1. The summed E-state index contributed by atoms with van der Waals surface area (Å²) in [4.78, 5) is 24.8. The van der Waals surface area contributed by atoms with Crippen molar-refractivity contribution in [2.45, 2.75) is 26.2 Å². The third kappa shape index (κ3) is 5.32. The number of halogens is 2. The second kappa shape index (κ2) is 10.2. The Morgan fingerprint density at radius 3 is 2.76 bits per heavy atom. The monoisotopic (exact) mass is 478 g/mol. The fraction of sp³-hybridized carbons (Fsp3) is 0.192. The number of rotatable bonds is 8. The number of aliphatic hydroxyl groups excluding tert-OH is 1. The van der Waals surface area contributed by atoms with Gasteiger partial charge >= 0.3 is 0 Å². The van der Waals surface area contributed by atoms with Gasteiger partial charge in [0.1, 0.15) is 5.82 Å². The van der Waals surface area contributed by atoms with Crippen molar-refractivity contribution in [1.82, 2.24) is 15.0 Å². The second-order valence-electron chi connectivity index (χ2n) is 8.20. The van der Waals surface area contributed by atoms with Gasteiger partial charge in [0, 0.05) is 30.3 Å². The molecule has 8 heteroatoms. The van der Waals surface area contributed by atoms with E-state index < -0.39 is 5.82 Å². The van der Waals surface area contributed by atoms with Crippen molar-refractivity contribution >= 4 is 29.0 Å². The number of hydrogen-bond acceptors (Lipinski definition) is 5. The van der Waals surface area contributed by atoms with Crippen LogP contribution in [0.25, 0.3) is 11.3 Å². The largest absolute Gasteiger partial charge is 0.396 e. The lowest BCUT2D eigenvalue weighted by Gasteiger charge is -2.14. The van der Waals surface area contributed by atoms with Crippen molar-refractivity contribution in [3.05, 3.63) is 94.1 Å². The Labute approximate surface area is 201 Å². The summed E-state index contributed by atoms with van der Waals surface area (Å²) in [5.74, 6) is -0.523. The Kier molecular flexibility index (Phi) is 7.05. The zero-order chi connectivity index (χ0) is 24.2. The van der Waals surface area contributed by atoms with Gasteiger partial charge in [0.15, 0.2) is 5.78 Å². The van der Waals surface area contributed by atoms with Crippen molar-refractivity contribution in [3.63, 3.8) is 0 Å². The predicted octanol–water partition coefficient (Wildman–Crippen LogP) is 5.97. The lowest BCUT2D eigenvalue weighted by Crippen LogP contribution is -2.11. The van der Waals surface area contributed by atoms with Crippen LogP contribution in [0.5, 0.6) is 0 Å². The molecule has 2 heterocycles. The smallest absolute Gasteiger partial charge is 0.227 e. The average Bonchev–Trinajstić information content (AvgIpc) is 3.30. The molecule has 0 amide bonds. The van der Waals surface area contributed by atoms with Crippen LogP contribution in [0, 0.1) is 19.7 Å². The molecule has 3 N–H and O–H groups in total. The van der Waals surface area contributed by atoms with E-state index in [4.69, 9.17) is 11.6 Å². The van der Waals surface area contributed by atoms with Gasteiger partial charge in [-0.2, -0.15) is 0 Å². The molecule has 4 aromatic rings. The van der Waals surface area contributed by atoms with Crippen LogP contribution in [0.1, 0.15) is 39.5 Å². The number of Topliss-reactive ketones (excluding diaryl/α,β-unsaturated/α-hetero) is 1. The van der Waals surface area contributed by atoms with Crippen LogP contribution >= 0.6 is 11.6 Å². The Bertz CT molecular complexity index is 1340. The fourth-order valence-corrected chi connectivity index (χ4v) is 3.96. The molecule has 0 aliphatic rings. The molecule has 0 radical (unpaired) electrons. The lowest BCUT2D eigenvalue weighted by atomic mass is 9.92. The first-order valence-corrected chi connectivity index (χ1v) is 11.2. The molecular formula is C26H24ClFN4O2. The van der Waals surface area contributed by atoms with Crippen molar-refractivity contribution in [3.8, 4) is 11.3 Å². The highest BCUT2D eigenvalue weighted by molar-refractivity contribution is 6.33. The number of carbonyl (C=O) groups excluding carboxylic acids is 1. The van der Waals surface area contributed by atoms with E-state index in [1.165, 1.54) is 18.2 Å². The molecule has 0 saturated heterocycles. The first-order chi connectivity index (χ1) is 16.3. The SMILES string of the molecule is Cc1cccc([C@@H](CO)CC(=O)c2cc(-c3nc(Nc4ccc(F)cc4Cl)ncc3C)c[nH]2)c1. The molecule has 0 unspecified atom stereocenters. The number of anilines is 2. The minimum atomic E-state index is -0.434. The highest BCUT2D eigenvalue weighted by atomic mass is 35.5. The quantitative estimate of drug-likeness (QED) is 0.271. The molecule has 2 aromatic carbocycles. The van der Waals surface area contributed by atoms with Gasteiger partial charge in [0.25, 0.3) is 0 Å². The molecule has 1 atom stereocenters. The molecule has 0 aliphatic carbocycles. The standard InChI is InChI=1S/C26H24ClFN4O2/c1-15-4-3-5-17(8-15)19(14-33)10-24(34)23-9-18(13-29-23)25-16(2)12-30-26(32-25)31-22-7-6-20(28)11-21(22)27/h3-9,11-13,19,29,33H,10,14H2,1-2H3,(H,30,31,32)/t19-/m1/s1.